The zero-order chi connectivity index (χ0) is 12.1. The van der Waals surface area contributed by atoms with Crippen LogP contribution in [-0.4, -0.2) is 24.7 Å². The van der Waals surface area contributed by atoms with Gasteiger partial charge in [-0.05, 0) is 24.2 Å². The molecule has 0 spiro atoms. The van der Waals surface area contributed by atoms with Crippen LogP contribution in [0.15, 0.2) is 18.2 Å². The zero-order valence-corrected chi connectivity index (χ0v) is 9.91. The number of hydrogen-bond acceptors (Lipinski definition) is 4. The highest BCUT2D eigenvalue weighted by Crippen LogP contribution is 2.27. The summed E-state index contributed by atoms with van der Waals surface area (Å²) in [6, 6.07) is 4.06. The summed E-state index contributed by atoms with van der Waals surface area (Å²) in [6.45, 7) is 2.51. The first-order valence-corrected chi connectivity index (χ1v) is 5.27. The number of benzene rings is 1. The fourth-order valence-electron chi connectivity index (χ4n) is 1.36. The average Bonchev–Trinajstić information content (AvgIpc) is 2.29. The van der Waals surface area contributed by atoms with E-state index >= 15 is 0 Å². The molecule has 0 radical (unpaired) electrons. The van der Waals surface area contributed by atoms with E-state index < -0.39 is 6.04 Å². The van der Waals surface area contributed by atoms with Gasteiger partial charge in [-0.2, -0.15) is 0 Å². The summed E-state index contributed by atoms with van der Waals surface area (Å²) in [5.41, 5.74) is 0.663. The van der Waals surface area contributed by atoms with Crippen LogP contribution in [0, 0.1) is 0 Å². The van der Waals surface area contributed by atoms with Gasteiger partial charge in [0.05, 0.1) is 12.1 Å². The molecule has 16 heavy (non-hydrogen) atoms. The molecule has 0 heterocycles. The molecule has 1 rings (SSSR count). The van der Waals surface area contributed by atoms with Gasteiger partial charge in [-0.1, -0.05) is 24.6 Å². The highest BCUT2D eigenvalue weighted by molar-refractivity contribution is 6.32. The Hall–Kier alpha value is -1.26. The van der Waals surface area contributed by atoms with Crippen LogP contribution in [0.3, 0.4) is 0 Å². The molecule has 0 bridgehead atoms. The first kappa shape index (κ1) is 12.8. The molecule has 0 fully saturated rings. The Balaban J connectivity index is 3.01. The van der Waals surface area contributed by atoms with Gasteiger partial charge < -0.3 is 15.2 Å². The number of rotatable bonds is 4. The number of likely N-dealkylation sites (N-methyl/N-ethyl adjacent to an activating group) is 1. The molecule has 0 saturated heterocycles. The molecule has 4 nitrogen and oxygen atoms in total. The van der Waals surface area contributed by atoms with Gasteiger partial charge >= 0.3 is 5.97 Å². The molecule has 0 aliphatic carbocycles. The van der Waals surface area contributed by atoms with Gasteiger partial charge in [0.2, 0.25) is 0 Å². The van der Waals surface area contributed by atoms with Crippen molar-refractivity contribution < 1.29 is 14.6 Å². The molecule has 5 heteroatoms. The predicted molar refractivity (Wildman–Crippen MR) is 61.6 cm³/mol. The molecule has 1 atom stereocenters. The number of carbonyl (C=O) groups is 1. The summed E-state index contributed by atoms with van der Waals surface area (Å²) in [7, 11) is 1.33. The fraction of sp³-hybridized carbons (Fsp3) is 0.364. The van der Waals surface area contributed by atoms with Gasteiger partial charge in [-0.25, -0.2) is 4.79 Å². The molecular formula is C11H14ClNO3. The fourth-order valence-corrected chi connectivity index (χ4v) is 1.55. The normalized spacial score (nSPS) is 12.2. The minimum absolute atomic E-state index is 0.00877. The average molecular weight is 244 g/mol. The maximum Gasteiger partial charge on any atom is 0.327 e. The largest absolute Gasteiger partial charge is 0.506 e. The van der Waals surface area contributed by atoms with E-state index in [9.17, 15) is 9.90 Å². The smallest absolute Gasteiger partial charge is 0.327 e. The van der Waals surface area contributed by atoms with Crippen LogP contribution in [0.1, 0.15) is 18.5 Å². The third-order valence-electron chi connectivity index (χ3n) is 2.15. The van der Waals surface area contributed by atoms with E-state index in [1.165, 1.54) is 13.2 Å². The Morgan fingerprint density at radius 3 is 2.81 bits per heavy atom. The Labute approximate surface area is 99.2 Å². The highest BCUT2D eigenvalue weighted by atomic mass is 35.5. The van der Waals surface area contributed by atoms with Crippen LogP contribution in [-0.2, 0) is 9.53 Å². The second kappa shape index (κ2) is 5.72. The lowest BCUT2D eigenvalue weighted by Gasteiger charge is -2.16. The maximum absolute atomic E-state index is 11.5. The number of carbonyl (C=O) groups excluding carboxylic acids is 1. The van der Waals surface area contributed by atoms with Crippen LogP contribution >= 0.6 is 11.6 Å². The lowest BCUT2D eigenvalue weighted by atomic mass is 10.1. The van der Waals surface area contributed by atoms with Gasteiger partial charge in [-0.3, -0.25) is 0 Å². The second-order valence-corrected chi connectivity index (χ2v) is 3.63. The van der Waals surface area contributed by atoms with Crippen molar-refractivity contribution >= 4 is 17.6 Å². The monoisotopic (exact) mass is 243 g/mol. The first-order chi connectivity index (χ1) is 7.60. The van der Waals surface area contributed by atoms with Crippen LogP contribution in [0.2, 0.25) is 5.02 Å². The molecule has 0 aliphatic rings. The quantitative estimate of drug-likeness (QED) is 0.793. The van der Waals surface area contributed by atoms with Crippen molar-refractivity contribution in [2.45, 2.75) is 13.0 Å². The zero-order valence-electron chi connectivity index (χ0n) is 9.16. The SMILES string of the molecule is CCNC(C(=O)OC)c1ccc(O)c(Cl)c1. The van der Waals surface area contributed by atoms with Crippen molar-refractivity contribution in [3.63, 3.8) is 0 Å². The maximum atomic E-state index is 11.5. The number of halogens is 1. The molecule has 0 aliphatic heterocycles. The molecule has 2 N–H and O–H groups in total. The summed E-state index contributed by atoms with van der Waals surface area (Å²) in [5.74, 6) is -0.394. The number of esters is 1. The first-order valence-electron chi connectivity index (χ1n) is 4.89. The molecule has 88 valence electrons. The third-order valence-corrected chi connectivity index (χ3v) is 2.45. The number of methoxy groups -OCH3 is 1. The molecule has 1 aromatic rings. The molecule has 1 aromatic carbocycles. The van der Waals surface area contributed by atoms with Crippen molar-refractivity contribution in [3.8, 4) is 5.75 Å². The summed E-state index contributed by atoms with van der Waals surface area (Å²) < 4.78 is 4.68. The minimum atomic E-state index is -0.562. The van der Waals surface area contributed by atoms with E-state index in [1.54, 1.807) is 12.1 Å². The Morgan fingerprint density at radius 2 is 2.31 bits per heavy atom. The van der Waals surface area contributed by atoms with E-state index in [4.69, 9.17) is 11.6 Å². The third kappa shape index (κ3) is 2.87. The van der Waals surface area contributed by atoms with Crippen molar-refractivity contribution in [2.24, 2.45) is 0 Å². The van der Waals surface area contributed by atoms with E-state index in [-0.39, 0.29) is 16.7 Å². The number of nitrogens with one attached hydrogen (secondary N) is 1. The summed E-state index contributed by atoms with van der Waals surface area (Å²) in [4.78, 5) is 11.5. The van der Waals surface area contributed by atoms with E-state index in [0.29, 0.717) is 12.1 Å². The molecule has 0 aromatic heterocycles. The van der Waals surface area contributed by atoms with Crippen molar-refractivity contribution in [3.05, 3.63) is 28.8 Å². The Bertz CT molecular complexity index is 381. The van der Waals surface area contributed by atoms with E-state index in [0.717, 1.165) is 0 Å². The lowest BCUT2D eigenvalue weighted by Crippen LogP contribution is -2.29. The number of hydrogen-bond donors (Lipinski definition) is 2. The van der Waals surface area contributed by atoms with Gasteiger partial charge in [0.1, 0.15) is 11.8 Å². The topological polar surface area (TPSA) is 58.6 Å². The predicted octanol–water partition coefficient (Wildman–Crippen LogP) is 1.87. The standard InChI is InChI=1S/C11H14ClNO3/c1-3-13-10(11(15)16-2)7-4-5-9(14)8(12)6-7/h4-6,10,13-14H,3H2,1-2H3. The van der Waals surface area contributed by atoms with Crippen LogP contribution in [0.4, 0.5) is 0 Å². The number of phenols is 1. The van der Waals surface area contributed by atoms with Gasteiger partial charge in [0.25, 0.3) is 0 Å². The van der Waals surface area contributed by atoms with Crippen LogP contribution < -0.4 is 5.32 Å². The Kier molecular flexibility index (Phi) is 4.58. The van der Waals surface area contributed by atoms with Gasteiger partial charge in [0.15, 0.2) is 0 Å². The summed E-state index contributed by atoms with van der Waals surface area (Å²) >= 11 is 5.78. The Morgan fingerprint density at radius 1 is 1.62 bits per heavy atom. The number of ether oxygens (including phenoxy) is 1. The molecule has 0 amide bonds. The van der Waals surface area contributed by atoms with E-state index in [1.807, 2.05) is 6.92 Å². The van der Waals surface area contributed by atoms with E-state index in [2.05, 4.69) is 10.1 Å². The molecule has 1 unspecified atom stereocenters. The van der Waals surface area contributed by atoms with Crippen LogP contribution in [0.25, 0.3) is 0 Å². The molecular weight excluding hydrogens is 230 g/mol. The lowest BCUT2D eigenvalue weighted by molar-refractivity contribution is -0.143. The van der Waals surface area contributed by atoms with Crippen molar-refractivity contribution in [1.29, 1.82) is 0 Å². The molecule has 0 saturated carbocycles. The van der Waals surface area contributed by atoms with Gasteiger partial charge in [0, 0.05) is 0 Å². The van der Waals surface area contributed by atoms with Crippen molar-refractivity contribution in [2.75, 3.05) is 13.7 Å². The summed E-state index contributed by atoms with van der Waals surface area (Å²) in [5, 5.41) is 12.5. The number of aromatic hydroxyl groups is 1. The minimum Gasteiger partial charge on any atom is -0.506 e. The van der Waals surface area contributed by atoms with Crippen LogP contribution in [0.5, 0.6) is 5.75 Å². The second-order valence-electron chi connectivity index (χ2n) is 3.22. The van der Waals surface area contributed by atoms with Crippen molar-refractivity contribution in [1.82, 2.24) is 5.32 Å². The number of phenolic OH excluding ortho intramolecular Hbond substituents is 1. The summed E-state index contributed by atoms with van der Waals surface area (Å²) in [6.07, 6.45) is 0. The highest BCUT2D eigenvalue weighted by Gasteiger charge is 2.20. The van der Waals surface area contributed by atoms with Gasteiger partial charge in [-0.15, -0.1) is 0 Å².